The van der Waals surface area contributed by atoms with E-state index < -0.39 is 0 Å². The number of aromatic nitrogens is 1. The summed E-state index contributed by atoms with van der Waals surface area (Å²) in [5.74, 6) is -0.0467. The lowest BCUT2D eigenvalue weighted by Crippen LogP contribution is -2.32. The van der Waals surface area contributed by atoms with Crippen LogP contribution in [0.4, 0.5) is 0 Å². The zero-order valence-corrected chi connectivity index (χ0v) is 9.58. The molecule has 0 unspecified atom stereocenters. The average Bonchev–Trinajstić information content (AvgIpc) is 2.24. The maximum Gasteiger partial charge on any atom is 0.253 e. The minimum absolute atomic E-state index is 0.0467. The zero-order chi connectivity index (χ0) is 11.3. The van der Waals surface area contributed by atoms with E-state index in [0.29, 0.717) is 17.3 Å². The molecule has 0 aliphatic carbocycles. The van der Waals surface area contributed by atoms with E-state index in [1.807, 2.05) is 7.05 Å². The van der Waals surface area contributed by atoms with Crippen LogP contribution in [0.15, 0.2) is 18.3 Å². The molecule has 0 bridgehead atoms. The van der Waals surface area contributed by atoms with Crippen molar-refractivity contribution >= 4 is 17.5 Å². The highest BCUT2D eigenvalue weighted by atomic mass is 35.5. The zero-order valence-electron chi connectivity index (χ0n) is 8.83. The van der Waals surface area contributed by atoms with Crippen LogP contribution in [-0.2, 0) is 0 Å². The maximum absolute atomic E-state index is 11.8. The SMILES string of the molecule is CNCCN(C)C(=O)c1ccnc(Cl)c1. The van der Waals surface area contributed by atoms with Gasteiger partial charge in [0.1, 0.15) is 5.15 Å². The molecule has 0 saturated heterocycles. The van der Waals surface area contributed by atoms with Crippen LogP contribution in [0.3, 0.4) is 0 Å². The van der Waals surface area contributed by atoms with Crippen LogP contribution in [0, 0.1) is 0 Å². The third kappa shape index (κ3) is 3.49. The molecule has 0 aliphatic rings. The van der Waals surface area contributed by atoms with Gasteiger partial charge in [0, 0.05) is 31.9 Å². The quantitative estimate of drug-likeness (QED) is 0.782. The van der Waals surface area contributed by atoms with Gasteiger partial charge in [0.2, 0.25) is 0 Å². The molecule has 5 heteroatoms. The molecule has 15 heavy (non-hydrogen) atoms. The minimum Gasteiger partial charge on any atom is -0.340 e. The summed E-state index contributed by atoms with van der Waals surface area (Å²) in [6.07, 6.45) is 1.53. The first-order valence-electron chi connectivity index (χ1n) is 4.66. The number of amides is 1. The molecular weight excluding hydrogens is 214 g/mol. The van der Waals surface area contributed by atoms with Crippen LogP contribution in [0.1, 0.15) is 10.4 Å². The van der Waals surface area contributed by atoms with E-state index >= 15 is 0 Å². The van der Waals surface area contributed by atoms with Gasteiger partial charge in [-0.05, 0) is 19.2 Å². The highest BCUT2D eigenvalue weighted by Crippen LogP contribution is 2.08. The molecule has 0 saturated carbocycles. The second-order valence-electron chi connectivity index (χ2n) is 3.20. The van der Waals surface area contributed by atoms with E-state index in [0.717, 1.165) is 6.54 Å². The van der Waals surface area contributed by atoms with E-state index in [1.165, 1.54) is 6.20 Å². The van der Waals surface area contributed by atoms with Crippen molar-refractivity contribution in [2.75, 3.05) is 27.2 Å². The highest BCUT2D eigenvalue weighted by molar-refractivity contribution is 6.29. The van der Waals surface area contributed by atoms with Crippen molar-refractivity contribution in [2.45, 2.75) is 0 Å². The van der Waals surface area contributed by atoms with Gasteiger partial charge in [-0.1, -0.05) is 11.6 Å². The van der Waals surface area contributed by atoms with Crippen LogP contribution in [0.25, 0.3) is 0 Å². The van der Waals surface area contributed by atoms with E-state index in [4.69, 9.17) is 11.6 Å². The van der Waals surface area contributed by atoms with Gasteiger partial charge in [-0.15, -0.1) is 0 Å². The summed E-state index contributed by atoms with van der Waals surface area (Å²) in [5, 5.41) is 3.32. The monoisotopic (exact) mass is 227 g/mol. The van der Waals surface area contributed by atoms with Crippen molar-refractivity contribution in [1.29, 1.82) is 0 Å². The van der Waals surface area contributed by atoms with Crippen molar-refractivity contribution in [3.05, 3.63) is 29.0 Å². The second kappa shape index (κ2) is 5.68. The van der Waals surface area contributed by atoms with E-state index in [9.17, 15) is 4.79 Å². The van der Waals surface area contributed by atoms with Gasteiger partial charge in [-0.25, -0.2) is 4.98 Å². The topological polar surface area (TPSA) is 45.2 Å². The van der Waals surface area contributed by atoms with Crippen LogP contribution >= 0.6 is 11.6 Å². The second-order valence-corrected chi connectivity index (χ2v) is 3.58. The highest BCUT2D eigenvalue weighted by Gasteiger charge is 2.11. The first-order valence-corrected chi connectivity index (χ1v) is 5.04. The first kappa shape index (κ1) is 11.9. The number of likely N-dealkylation sites (N-methyl/N-ethyl adjacent to an activating group) is 2. The Morgan fingerprint density at radius 3 is 3.00 bits per heavy atom. The smallest absolute Gasteiger partial charge is 0.253 e. The lowest BCUT2D eigenvalue weighted by molar-refractivity contribution is 0.0796. The molecule has 1 N–H and O–H groups in total. The fraction of sp³-hybridized carbons (Fsp3) is 0.400. The van der Waals surface area contributed by atoms with Gasteiger partial charge in [0.15, 0.2) is 0 Å². The number of nitrogens with one attached hydrogen (secondary N) is 1. The lowest BCUT2D eigenvalue weighted by atomic mass is 10.2. The van der Waals surface area contributed by atoms with Crippen molar-refractivity contribution in [3.8, 4) is 0 Å². The van der Waals surface area contributed by atoms with E-state index in [2.05, 4.69) is 10.3 Å². The summed E-state index contributed by atoms with van der Waals surface area (Å²) in [4.78, 5) is 17.3. The Balaban J connectivity index is 2.67. The summed E-state index contributed by atoms with van der Waals surface area (Å²) >= 11 is 5.70. The van der Waals surface area contributed by atoms with Crippen molar-refractivity contribution in [3.63, 3.8) is 0 Å². The third-order valence-corrected chi connectivity index (χ3v) is 2.22. The summed E-state index contributed by atoms with van der Waals surface area (Å²) in [7, 11) is 3.61. The summed E-state index contributed by atoms with van der Waals surface area (Å²) in [6, 6.07) is 3.23. The third-order valence-electron chi connectivity index (χ3n) is 2.02. The fourth-order valence-corrected chi connectivity index (χ4v) is 1.31. The maximum atomic E-state index is 11.8. The molecule has 1 aromatic rings. The molecule has 0 fully saturated rings. The molecule has 0 aromatic carbocycles. The molecule has 1 rings (SSSR count). The number of carbonyl (C=O) groups excluding carboxylic acids is 1. The standard InChI is InChI=1S/C10H14ClN3O/c1-12-5-6-14(2)10(15)8-3-4-13-9(11)7-8/h3-4,7,12H,5-6H2,1-2H3. The summed E-state index contributed by atoms with van der Waals surface area (Å²) in [6.45, 7) is 1.43. The summed E-state index contributed by atoms with van der Waals surface area (Å²) in [5.41, 5.74) is 0.564. The molecule has 1 heterocycles. The number of halogens is 1. The van der Waals surface area contributed by atoms with Gasteiger partial charge >= 0.3 is 0 Å². The molecule has 1 aromatic heterocycles. The average molecular weight is 228 g/mol. The van der Waals surface area contributed by atoms with Gasteiger partial charge in [0.05, 0.1) is 0 Å². The molecule has 0 spiro atoms. The number of carbonyl (C=O) groups is 1. The Kier molecular flexibility index (Phi) is 4.52. The fourth-order valence-electron chi connectivity index (χ4n) is 1.14. The molecule has 0 radical (unpaired) electrons. The number of rotatable bonds is 4. The van der Waals surface area contributed by atoms with Gasteiger partial charge in [-0.3, -0.25) is 4.79 Å². The van der Waals surface area contributed by atoms with Gasteiger partial charge < -0.3 is 10.2 Å². The lowest BCUT2D eigenvalue weighted by Gasteiger charge is -2.16. The molecule has 0 atom stereocenters. The predicted molar refractivity (Wildman–Crippen MR) is 60.1 cm³/mol. The van der Waals surface area contributed by atoms with Gasteiger partial charge in [0.25, 0.3) is 5.91 Å². The Hall–Kier alpha value is -1.13. The molecule has 82 valence electrons. The van der Waals surface area contributed by atoms with Crippen LogP contribution in [0.5, 0.6) is 0 Å². The van der Waals surface area contributed by atoms with Crippen molar-refractivity contribution < 1.29 is 4.79 Å². The van der Waals surface area contributed by atoms with Crippen molar-refractivity contribution in [1.82, 2.24) is 15.2 Å². The number of pyridine rings is 1. The number of hydrogen-bond donors (Lipinski definition) is 1. The number of nitrogens with zero attached hydrogens (tertiary/aromatic N) is 2. The van der Waals surface area contributed by atoms with Crippen LogP contribution in [0.2, 0.25) is 5.15 Å². The minimum atomic E-state index is -0.0467. The van der Waals surface area contributed by atoms with Crippen LogP contribution in [-0.4, -0.2) is 43.0 Å². The van der Waals surface area contributed by atoms with E-state index in [-0.39, 0.29) is 5.91 Å². The Labute approximate surface area is 94.3 Å². The Morgan fingerprint density at radius 2 is 2.40 bits per heavy atom. The Bertz CT molecular complexity index is 343. The predicted octanol–water partition coefficient (Wildman–Crippen LogP) is 1.03. The van der Waals surface area contributed by atoms with Crippen molar-refractivity contribution in [2.24, 2.45) is 0 Å². The molecule has 1 amide bonds. The largest absolute Gasteiger partial charge is 0.340 e. The summed E-state index contributed by atoms with van der Waals surface area (Å²) < 4.78 is 0. The molecular formula is C10H14ClN3O. The van der Waals surface area contributed by atoms with E-state index in [1.54, 1.807) is 24.1 Å². The normalized spacial score (nSPS) is 10.1. The van der Waals surface area contributed by atoms with Gasteiger partial charge in [-0.2, -0.15) is 0 Å². The van der Waals surface area contributed by atoms with Crippen LogP contribution < -0.4 is 5.32 Å². The molecule has 4 nitrogen and oxygen atoms in total. The first-order chi connectivity index (χ1) is 7.15. The molecule has 0 aliphatic heterocycles. The Morgan fingerprint density at radius 1 is 1.67 bits per heavy atom. The number of hydrogen-bond acceptors (Lipinski definition) is 3.